The highest BCUT2D eigenvalue weighted by Gasteiger charge is 2.13. The van der Waals surface area contributed by atoms with E-state index in [9.17, 15) is 0 Å². The van der Waals surface area contributed by atoms with Crippen LogP contribution in [0.2, 0.25) is 0 Å². The lowest BCUT2D eigenvalue weighted by atomic mass is 9.85. The van der Waals surface area contributed by atoms with E-state index < -0.39 is 0 Å². The molecule has 0 aliphatic carbocycles. The zero-order chi connectivity index (χ0) is 21.4. The van der Waals surface area contributed by atoms with E-state index in [1.807, 2.05) is 0 Å². The van der Waals surface area contributed by atoms with E-state index in [1.165, 1.54) is 94.6 Å². The molecule has 0 unspecified atom stereocenters. The summed E-state index contributed by atoms with van der Waals surface area (Å²) in [6.07, 6.45) is 16.9. The first kappa shape index (κ1) is 26.2. The fourth-order valence-electron chi connectivity index (χ4n) is 3.82. The van der Waals surface area contributed by atoms with Crippen LogP contribution in [-0.2, 0) is 17.6 Å². The molecule has 0 radical (unpaired) electrons. The third kappa shape index (κ3) is 14.8. The van der Waals surface area contributed by atoms with Crippen molar-refractivity contribution in [1.82, 2.24) is 0 Å². The van der Waals surface area contributed by atoms with Gasteiger partial charge in [0.1, 0.15) is 0 Å². The van der Waals surface area contributed by atoms with Crippen LogP contribution in [0.15, 0.2) is 24.3 Å². The first-order chi connectivity index (χ1) is 13.9. The normalized spacial score (nSPS) is 12.1. The van der Waals surface area contributed by atoms with Crippen molar-refractivity contribution >= 4 is 0 Å². The second-order valence-electron chi connectivity index (χ2n) is 10.2. The van der Waals surface area contributed by atoms with Gasteiger partial charge in [0.05, 0.1) is 0 Å². The van der Waals surface area contributed by atoms with Crippen LogP contribution >= 0.6 is 0 Å². The zero-order valence-corrected chi connectivity index (χ0v) is 20.4. The minimum absolute atomic E-state index is 0.478. The molecule has 0 aromatic heterocycles. The monoisotopic (exact) mass is 402 g/mol. The summed E-state index contributed by atoms with van der Waals surface area (Å²) in [5.74, 6) is 0.858. The first-order valence-electron chi connectivity index (χ1n) is 12.6. The average Bonchev–Trinajstić information content (AvgIpc) is 2.69. The largest absolute Gasteiger partial charge is 0.381 e. The number of aryl methyl sites for hydroxylation is 2. The molecule has 1 aromatic carbocycles. The second kappa shape index (κ2) is 15.9. The molecule has 0 amide bonds. The number of hydrogen-bond acceptors (Lipinski definition) is 1. The Balaban J connectivity index is 2.04. The van der Waals surface area contributed by atoms with Gasteiger partial charge in [-0.2, -0.15) is 0 Å². The van der Waals surface area contributed by atoms with Crippen molar-refractivity contribution < 1.29 is 4.74 Å². The minimum Gasteiger partial charge on any atom is -0.381 e. The fourth-order valence-corrected chi connectivity index (χ4v) is 3.82. The molecule has 168 valence electrons. The standard InChI is InChI=1S/C28H50O/c1-6-28(4,5)21-15-23-29-22-13-9-12-18-27-20-14-19-26(24-27)17-11-8-7-10-16-25(2)3/h14,19-20,24-25H,6-13,15-18,21-23H2,1-5H3. The van der Waals surface area contributed by atoms with Crippen molar-refractivity contribution in [2.75, 3.05) is 13.2 Å². The Morgan fingerprint density at radius 2 is 1.38 bits per heavy atom. The first-order valence-corrected chi connectivity index (χ1v) is 12.6. The van der Waals surface area contributed by atoms with Gasteiger partial charge in [-0.25, -0.2) is 0 Å². The molecule has 0 bridgehead atoms. The maximum Gasteiger partial charge on any atom is 0.0466 e. The molecule has 0 atom stereocenters. The molecule has 0 saturated carbocycles. The lowest BCUT2D eigenvalue weighted by molar-refractivity contribution is 0.116. The summed E-state index contributed by atoms with van der Waals surface area (Å²) < 4.78 is 5.83. The van der Waals surface area contributed by atoms with Gasteiger partial charge < -0.3 is 4.74 Å². The van der Waals surface area contributed by atoms with Crippen LogP contribution in [-0.4, -0.2) is 13.2 Å². The van der Waals surface area contributed by atoms with Gasteiger partial charge >= 0.3 is 0 Å². The lowest BCUT2D eigenvalue weighted by Gasteiger charge is -2.22. The van der Waals surface area contributed by atoms with Crippen LogP contribution in [0.25, 0.3) is 0 Å². The van der Waals surface area contributed by atoms with Gasteiger partial charge in [-0.3, -0.25) is 0 Å². The van der Waals surface area contributed by atoms with Crippen molar-refractivity contribution in [3.8, 4) is 0 Å². The Labute approximate surface area is 183 Å². The highest BCUT2D eigenvalue weighted by atomic mass is 16.5. The Hall–Kier alpha value is -0.820. The van der Waals surface area contributed by atoms with Crippen LogP contribution in [0.4, 0.5) is 0 Å². The summed E-state index contributed by atoms with van der Waals surface area (Å²) in [7, 11) is 0. The van der Waals surface area contributed by atoms with Crippen molar-refractivity contribution in [2.24, 2.45) is 11.3 Å². The summed E-state index contributed by atoms with van der Waals surface area (Å²) in [6.45, 7) is 13.5. The number of ether oxygens (including phenoxy) is 1. The third-order valence-corrected chi connectivity index (χ3v) is 6.34. The number of rotatable bonds is 18. The van der Waals surface area contributed by atoms with E-state index in [4.69, 9.17) is 4.74 Å². The van der Waals surface area contributed by atoms with E-state index >= 15 is 0 Å². The highest BCUT2D eigenvalue weighted by molar-refractivity contribution is 5.23. The van der Waals surface area contributed by atoms with E-state index in [1.54, 1.807) is 0 Å². The molecule has 0 fully saturated rings. The molecule has 0 aliphatic rings. The molecular weight excluding hydrogens is 352 g/mol. The summed E-state index contributed by atoms with van der Waals surface area (Å²) in [5.41, 5.74) is 3.53. The van der Waals surface area contributed by atoms with Gasteiger partial charge in [0.25, 0.3) is 0 Å². The Bertz CT molecular complexity index is 503. The van der Waals surface area contributed by atoms with Crippen LogP contribution in [0.3, 0.4) is 0 Å². The fraction of sp³-hybridized carbons (Fsp3) is 0.786. The highest BCUT2D eigenvalue weighted by Crippen LogP contribution is 2.25. The van der Waals surface area contributed by atoms with Crippen molar-refractivity contribution in [3.63, 3.8) is 0 Å². The maximum atomic E-state index is 5.83. The smallest absolute Gasteiger partial charge is 0.0466 e. The predicted molar refractivity (Wildman–Crippen MR) is 130 cm³/mol. The third-order valence-electron chi connectivity index (χ3n) is 6.34. The van der Waals surface area contributed by atoms with Gasteiger partial charge in [-0.1, -0.05) is 97.4 Å². The van der Waals surface area contributed by atoms with Crippen LogP contribution in [0, 0.1) is 11.3 Å². The van der Waals surface area contributed by atoms with Gasteiger partial charge in [0.2, 0.25) is 0 Å². The minimum atomic E-state index is 0.478. The molecule has 0 N–H and O–H groups in total. The zero-order valence-electron chi connectivity index (χ0n) is 20.4. The quantitative estimate of drug-likeness (QED) is 0.223. The van der Waals surface area contributed by atoms with E-state index in [-0.39, 0.29) is 0 Å². The molecule has 0 saturated heterocycles. The molecule has 1 heteroatoms. The Kier molecular flexibility index (Phi) is 14.4. The van der Waals surface area contributed by atoms with Gasteiger partial charge in [0, 0.05) is 13.2 Å². The Morgan fingerprint density at radius 1 is 0.793 bits per heavy atom. The summed E-state index contributed by atoms with van der Waals surface area (Å²) in [4.78, 5) is 0. The molecule has 29 heavy (non-hydrogen) atoms. The Morgan fingerprint density at radius 3 is 2.00 bits per heavy atom. The van der Waals surface area contributed by atoms with Crippen molar-refractivity contribution in [2.45, 2.75) is 118 Å². The second-order valence-corrected chi connectivity index (χ2v) is 10.2. The molecule has 0 spiro atoms. The topological polar surface area (TPSA) is 9.23 Å². The summed E-state index contributed by atoms with van der Waals surface area (Å²) in [5, 5.41) is 0. The number of hydrogen-bond donors (Lipinski definition) is 0. The predicted octanol–water partition coefficient (Wildman–Crippen LogP) is 8.78. The molecule has 1 rings (SSSR count). The van der Waals surface area contributed by atoms with Gasteiger partial charge in [0.15, 0.2) is 0 Å². The van der Waals surface area contributed by atoms with E-state index in [0.29, 0.717) is 5.41 Å². The van der Waals surface area contributed by atoms with Crippen LogP contribution in [0.1, 0.15) is 116 Å². The van der Waals surface area contributed by atoms with Crippen LogP contribution in [0.5, 0.6) is 0 Å². The van der Waals surface area contributed by atoms with Crippen LogP contribution < -0.4 is 0 Å². The van der Waals surface area contributed by atoms with E-state index in [2.05, 4.69) is 58.9 Å². The maximum absolute atomic E-state index is 5.83. The lowest BCUT2D eigenvalue weighted by Crippen LogP contribution is -2.10. The van der Waals surface area contributed by atoms with Crippen molar-refractivity contribution in [1.29, 1.82) is 0 Å². The summed E-state index contributed by atoms with van der Waals surface area (Å²) in [6, 6.07) is 9.31. The molecule has 1 aromatic rings. The number of unbranched alkanes of at least 4 members (excludes halogenated alkanes) is 5. The van der Waals surface area contributed by atoms with E-state index in [0.717, 1.165) is 19.1 Å². The average molecular weight is 403 g/mol. The molecule has 0 heterocycles. The summed E-state index contributed by atoms with van der Waals surface area (Å²) >= 11 is 0. The molecule has 1 nitrogen and oxygen atoms in total. The molecular formula is C28H50O. The SMILES string of the molecule is CCC(C)(C)CCCOCCCCCc1cccc(CCCCCCC(C)C)c1. The van der Waals surface area contributed by atoms with Gasteiger partial charge in [-0.05, 0) is 67.4 Å². The van der Waals surface area contributed by atoms with Gasteiger partial charge in [-0.15, -0.1) is 0 Å². The molecule has 0 aliphatic heterocycles. The number of benzene rings is 1. The van der Waals surface area contributed by atoms with Crippen molar-refractivity contribution in [3.05, 3.63) is 35.4 Å².